The number of hydrogen-bond acceptors (Lipinski definition) is 6. The van der Waals surface area contributed by atoms with Crippen LogP contribution in [-0.2, 0) is 4.74 Å². The number of anilines is 1. The highest BCUT2D eigenvalue weighted by molar-refractivity contribution is 6.30. The minimum absolute atomic E-state index is 0.278. The molecule has 2 aromatic rings. The van der Waals surface area contributed by atoms with Crippen LogP contribution in [0, 0.1) is 0 Å². The molecule has 7 nitrogen and oxygen atoms in total. The largest absolute Gasteiger partial charge is 0.450 e. The zero-order chi connectivity index (χ0) is 16.2. The minimum atomic E-state index is -0.278. The summed E-state index contributed by atoms with van der Waals surface area (Å²) in [6.45, 7) is 4.58. The smallest absolute Gasteiger partial charge is 0.409 e. The number of halogens is 1. The van der Waals surface area contributed by atoms with Crippen LogP contribution in [0.3, 0.4) is 0 Å². The van der Waals surface area contributed by atoms with Gasteiger partial charge in [0.2, 0.25) is 0 Å². The van der Waals surface area contributed by atoms with Crippen LogP contribution in [0.4, 0.5) is 10.7 Å². The third-order valence-corrected chi connectivity index (χ3v) is 3.81. The van der Waals surface area contributed by atoms with Crippen molar-refractivity contribution in [3.63, 3.8) is 0 Å². The second-order valence-electron chi connectivity index (χ2n) is 5.08. The number of nitrogens with zero attached hydrogens (tertiary/aromatic N) is 4. The summed E-state index contributed by atoms with van der Waals surface area (Å²) in [5, 5.41) is 4.63. The first kappa shape index (κ1) is 15.6. The van der Waals surface area contributed by atoms with Crippen LogP contribution in [-0.4, -0.2) is 53.9 Å². The van der Waals surface area contributed by atoms with Gasteiger partial charge in [-0.2, -0.15) is 4.98 Å². The molecule has 0 N–H and O–H groups in total. The summed E-state index contributed by atoms with van der Waals surface area (Å²) < 4.78 is 10.3. The number of hydrogen-bond donors (Lipinski definition) is 0. The number of benzene rings is 1. The van der Waals surface area contributed by atoms with Gasteiger partial charge in [0.05, 0.1) is 6.61 Å². The van der Waals surface area contributed by atoms with Crippen molar-refractivity contribution in [2.24, 2.45) is 0 Å². The van der Waals surface area contributed by atoms with Gasteiger partial charge in [-0.3, -0.25) is 0 Å². The summed E-state index contributed by atoms with van der Waals surface area (Å²) in [5.74, 6) is 0.943. The van der Waals surface area contributed by atoms with Gasteiger partial charge >= 0.3 is 6.09 Å². The van der Waals surface area contributed by atoms with Gasteiger partial charge in [-0.25, -0.2) is 4.79 Å². The molecule has 1 saturated heterocycles. The molecule has 8 heteroatoms. The van der Waals surface area contributed by atoms with E-state index in [0.717, 1.165) is 5.56 Å². The van der Waals surface area contributed by atoms with Crippen molar-refractivity contribution >= 4 is 23.6 Å². The Morgan fingerprint density at radius 3 is 2.83 bits per heavy atom. The third kappa shape index (κ3) is 3.56. The fourth-order valence-electron chi connectivity index (χ4n) is 2.39. The molecule has 2 heterocycles. The first-order valence-corrected chi connectivity index (χ1v) is 7.81. The Bertz CT molecular complexity index is 683. The zero-order valence-corrected chi connectivity index (χ0v) is 13.5. The lowest BCUT2D eigenvalue weighted by Gasteiger charge is -2.33. The first-order valence-electron chi connectivity index (χ1n) is 7.43. The number of carbonyl (C=O) groups is 1. The lowest BCUT2D eigenvalue weighted by atomic mass is 10.2. The molecule has 0 aliphatic carbocycles. The highest BCUT2D eigenvalue weighted by Gasteiger charge is 2.24. The Balaban J connectivity index is 1.65. The van der Waals surface area contributed by atoms with Gasteiger partial charge < -0.3 is 19.1 Å². The molecule has 0 atom stereocenters. The Hall–Kier alpha value is -2.28. The van der Waals surface area contributed by atoms with E-state index in [1.54, 1.807) is 24.0 Å². The number of ether oxygens (including phenoxy) is 1. The quantitative estimate of drug-likeness (QED) is 0.858. The van der Waals surface area contributed by atoms with Gasteiger partial charge in [-0.1, -0.05) is 17.7 Å². The highest BCUT2D eigenvalue weighted by atomic mass is 35.5. The highest BCUT2D eigenvalue weighted by Crippen LogP contribution is 2.23. The normalized spacial score (nSPS) is 14.9. The molecule has 23 heavy (non-hydrogen) atoms. The van der Waals surface area contributed by atoms with Crippen molar-refractivity contribution < 1.29 is 14.1 Å². The first-order chi connectivity index (χ1) is 11.2. The molecule has 0 radical (unpaired) electrons. The van der Waals surface area contributed by atoms with E-state index in [0.29, 0.717) is 49.6 Å². The Kier molecular flexibility index (Phi) is 4.66. The molecule has 0 unspecified atom stereocenters. The van der Waals surface area contributed by atoms with Crippen molar-refractivity contribution in [3.8, 4) is 11.5 Å². The van der Waals surface area contributed by atoms with Crippen LogP contribution in [0.2, 0.25) is 5.02 Å². The molecule has 1 aliphatic heterocycles. The summed E-state index contributed by atoms with van der Waals surface area (Å²) in [4.78, 5) is 19.7. The predicted octanol–water partition coefficient (Wildman–Crippen LogP) is 2.67. The van der Waals surface area contributed by atoms with Gasteiger partial charge in [-0.05, 0) is 30.3 Å². The Morgan fingerprint density at radius 2 is 2.13 bits per heavy atom. The van der Waals surface area contributed by atoms with Gasteiger partial charge in [0.25, 0.3) is 11.8 Å². The van der Waals surface area contributed by atoms with E-state index in [4.69, 9.17) is 20.9 Å². The van der Waals surface area contributed by atoms with Crippen LogP contribution in [0.1, 0.15) is 6.92 Å². The fourth-order valence-corrected chi connectivity index (χ4v) is 2.58. The maximum atomic E-state index is 11.7. The maximum absolute atomic E-state index is 11.7. The van der Waals surface area contributed by atoms with E-state index in [1.165, 1.54) is 0 Å². The number of aromatic nitrogens is 2. The molecule has 1 aromatic carbocycles. The van der Waals surface area contributed by atoms with Crippen LogP contribution in [0.15, 0.2) is 28.8 Å². The van der Waals surface area contributed by atoms with Crippen LogP contribution in [0.5, 0.6) is 0 Å². The van der Waals surface area contributed by atoms with Crippen molar-refractivity contribution in [1.82, 2.24) is 15.0 Å². The van der Waals surface area contributed by atoms with Gasteiger partial charge in [0, 0.05) is 36.8 Å². The molecule has 0 bridgehead atoms. The fraction of sp³-hybridized carbons (Fsp3) is 0.400. The lowest BCUT2D eigenvalue weighted by Crippen LogP contribution is -2.49. The molecule has 122 valence electrons. The Labute approximate surface area is 138 Å². The topological polar surface area (TPSA) is 71.7 Å². The summed E-state index contributed by atoms with van der Waals surface area (Å²) in [7, 11) is 0. The molecular formula is C15H17ClN4O3. The molecule has 0 saturated carbocycles. The molecule has 1 fully saturated rings. The van der Waals surface area contributed by atoms with Gasteiger partial charge in [0.15, 0.2) is 0 Å². The number of carbonyl (C=O) groups excluding carboxylic acids is 1. The van der Waals surface area contributed by atoms with Crippen LogP contribution in [0.25, 0.3) is 11.5 Å². The molecule has 1 amide bonds. The number of rotatable bonds is 3. The van der Waals surface area contributed by atoms with Gasteiger partial charge in [-0.15, -0.1) is 0 Å². The molecule has 1 aromatic heterocycles. The standard InChI is InChI=1S/C15H17ClN4O3/c1-2-22-15(21)20-8-6-19(7-9-20)14-17-13(23-18-14)11-4-3-5-12(16)10-11/h3-5,10H,2,6-9H2,1H3. The SMILES string of the molecule is CCOC(=O)N1CCN(c2noc(-c3cccc(Cl)c3)n2)CC1. The summed E-state index contributed by atoms with van der Waals surface area (Å²) in [6.07, 6.45) is -0.278. The average Bonchev–Trinajstić information content (AvgIpc) is 3.05. The van der Waals surface area contributed by atoms with Crippen molar-refractivity contribution in [2.45, 2.75) is 6.92 Å². The predicted molar refractivity (Wildman–Crippen MR) is 85.6 cm³/mol. The molecule has 0 spiro atoms. The van der Waals surface area contributed by atoms with Crippen LogP contribution >= 0.6 is 11.6 Å². The molecule has 1 aliphatic rings. The second kappa shape index (κ2) is 6.87. The lowest BCUT2D eigenvalue weighted by molar-refractivity contribution is 0.105. The minimum Gasteiger partial charge on any atom is -0.450 e. The average molecular weight is 337 g/mol. The maximum Gasteiger partial charge on any atom is 0.409 e. The van der Waals surface area contributed by atoms with E-state index in [-0.39, 0.29) is 6.09 Å². The van der Waals surface area contributed by atoms with Crippen molar-refractivity contribution in [2.75, 3.05) is 37.7 Å². The van der Waals surface area contributed by atoms with E-state index in [9.17, 15) is 4.79 Å². The number of piperazine rings is 1. The van der Waals surface area contributed by atoms with E-state index >= 15 is 0 Å². The van der Waals surface area contributed by atoms with E-state index in [1.807, 2.05) is 17.0 Å². The van der Waals surface area contributed by atoms with Gasteiger partial charge in [0.1, 0.15) is 0 Å². The van der Waals surface area contributed by atoms with E-state index < -0.39 is 0 Å². The number of amides is 1. The summed E-state index contributed by atoms with van der Waals surface area (Å²) in [5.41, 5.74) is 0.779. The summed E-state index contributed by atoms with van der Waals surface area (Å²) >= 11 is 5.97. The molecule has 3 rings (SSSR count). The van der Waals surface area contributed by atoms with Crippen molar-refractivity contribution in [3.05, 3.63) is 29.3 Å². The monoisotopic (exact) mass is 336 g/mol. The summed E-state index contributed by atoms with van der Waals surface area (Å²) in [6, 6.07) is 7.26. The van der Waals surface area contributed by atoms with Crippen molar-refractivity contribution in [1.29, 1.82) is 0 Å². The van der Waals surface area contributed by atoms with E-state index in [2.05, 4.69) is 10.1 Å². The second-order valence-corrected chi connectivity index (χ2v) is 5.52. The third-order valence-electron chi connectivity index (χ3n) is 3.58. The molecular weight excluding hydrogens is 320 g/mol. The van der Waals surface area contributed by atoms with Crippen LogP contribution < -0.4 is 4.90 Å². The Morgan fingerprint density at radius 1 is 1.35 bits per heavy atom. The zero-order valence-electron chi connectivity index (χ0n) is 12.7.